The SMILES string of the molecule is CC1(n2c(CCCl)nc3cc(Cl)c(F)cc32)CCCC1. The second kappa shape index (κ2) is 5.19. The third kappa shape index (κ3) is 2.21. The number of fused-ring (bicyclic) bond motifs is 1. The Balaban J connectivity index is 2.25. The van der Waals surface area contributed by atoms with Crippen molar-refractivity contribution in [2.24, 2.45) is 0 Å². The number of imidazole rings is 1. The second-order valence-corrected chi connectivity index (χ2v) is 6.55. The summed E-state index contributed by atoms with van der Waals surface area (Å²) in [5, 5.41) is 0.121. The Morgan fingerprint density at radius 1 is 1.35 bits per heavy atom. The van der Waals surface area contributed by atoms with Crippen LogP contribution in [0.25, 0.3) is 11.0 Å². The van der Waals surface area contributed by atoms with Crippen molar-refractivity contribution in [2.45, 2.75) is 44.6 Å². The first kappa shape index (κ1) is 14.2. The van der Waals surface area contributed by atoms with Crippen LogP contribution >= 0.6 is 23.2 Å². The van der Waals surface area contributed by atoms with Crippen LogP contribution in [0.15, 0.2) is 12.1 Å². The molecule has 0 atom stereocenters. The molecule has 0 aliphatic heterocycles. The number of hydrogen-bond donors (Lipinski definition) is 0. The largest absolute Gasteiger partial charge is 0.322 e. The van der Waals surface area contributed by atoms with Crippen LogP contribution in [0.3, 0.4) is 0 Å². The molecule has 1 aliphatic rings. The van der Waals surface area contributed by atoms with Crippen LogP contribution in [0.5, 0.6) is 0 Å². The molecule has 0 bridgehead atoms. The van der Waals surface area contributed by atoms with E-state index in [9.17, 15) is 4.39 Å². The number of halogens is 3. The molecule has 20 heavy (non-hydrogen) atoms. The van der Waals surface area contributed by atoms with E-state index >= 15 is 0 Å². The predicted molar refractivity (Wildman–Crippen MR) is 81.2 cm³/mol. The van der Waals surface area contributed by atoms with Gasteiger partial charge in [-0.05, 0) is 25.8 Å². The summed E-state index contributed by atoms with van der Waals surface area (Å²) in [6.45, 7) is 2.23. The van der Waals surface area contributed by atoms with Crippen molar-refractivity contribution in [1.82, 2.24) is 9.55 Å². The molecule has 5 heteroatoms. The molecule has 1 fully saturated rings. The fraction of sp³-hybridized carbons (Fsp3) is 0.533. The van der Waals surface area contributed by atoms with Gasteiger partial charge in [0.15, 0.2) is 0 Å². The first-order valence-corrected chi connectivity index (χ1v) is 7.89. The van der Waals surface area contributed by atoms with Gasteiger partial charge >= 0.3 is 0 Å². The molecular formula is C15H17Cl2FN2. The van der Waals surface area contributed by atoms with Crippen LogP contribution in [-0.4, -0.2) is 15.4 Å². The first-order valence-electron chi connectivity index (χ1n) is 6.98. The number of nitrogens with zero attached hydrogens (tertiary/aromatic N) is 2. The van der Waals surface area contributed by atoms with Crippen LogP contribution < -0.4 is 0 Å². The van der Waals surface area contributed by atoms with E-state index in [4.69, 9.17) is 23.2 Å². The third-order valence-corrected chi connectivity index (χ3v) is 4.78. The highest BCUT2D eigenvalue weighted by Gasteiger charge is 2.34. The molecule has 0 radical (unpaired) electrons. The van der Waals surface area contributed by atoms with Crippen LogP contribution in [-0.2, 0) is 12.0 Å². The average molecular weight is 315 g/mol. The molecule has 1 aromatic heterocycles. The summed E-state index contributed by atoms with van der Waals surface area (Å²) < 4.78 is 16.0. The summed E-state index contributed by atoms with van der Waals surface area (Å²) in [5.41, 5.74) is 1.59. The summed E-state index contributed by atoms with van der Waals surface area (Å²) in [6, 6.07) is 3.12. The zero-order valence-electron chi connectivity index (χ0n) is 11.4. The quantitative estimate of drug-likeness (QED) is 0.737. The van der Waals surface area contributed by atoms with E-state index in [2.05, 4.69) is 16.5 Å². The number of hydrogen-bond acceptors (Lipinski definition) is 1. The van der Waals surface area contributed by atoms with E-state index in [1.54, 1.807) is 6.07 Å². The standard InChI is InChI=1S/C15H17Cl2FN2/c1-15(5-2-3-6-15)20-13-9-11(18)10(17)8-12(13)19-14(20)4-7-16/h8-9H,2-7H2,1H3. The monoisotopic (exact) mass is 314 g/mol. The molecule has 108 valence electrons. The van der Waals surface area contributed by atoms with Gasteiger partial charge in [0.05, 0.1) is 16.1 Å². The Morgan fingerprint density at radius 2 is 2.05 bits per heavy atom. The van der Waals surface area contributed by atoms with E-state index in [0.29, 0.717) is 12.3 Å². The van der Waals surface area contributed by atoms with Gasteiger partial charge < -0.3 is 4.57 Å². The highest BCUT2D eigenvalue weighted by atomic mass is 35.5. The minimum atomic E-state index is -0.390. The third-order valence-electron chi connectivity index (χ3n) is 4.30. The molecule has 2 nitrogen and oxygen atoms in total. The molecule has 0 unspecified atom stereocenters. The number of alkyl halides is 1. The lowest BCUT2D eigenvalue weighted by Gasteiger charge is -2.29. The van der Waals surface area contributed by atoms with Crippen molar-refractivity contribution in [2.75, 3.05) is 5.88 Å². The lowest BCUT2D eigenvalue weighted by molar-refractivity contribution is 0.329. The first-order chi connectivity index (χ1) is 9.55. The van der Waals surface area contributed by atoms with Crippen molar-refractivity contribution in [3.05, 3.63) is 28.8 Å². The van der Waals surface area contributed by atoms with Crippen LogP contribution in [0.1, 0.15) is 38.4 Å². The van der Waals surface area contributed by atoms with Crippen LogP contribution in [0, 0.1) is 5.82 Å². The van der Waals surface area contributed by atoms with Gasteiger partial charge in [-0.25, -0.2) is 9.37 Å². The van der Waals surface area contributed by atoms with Gasteiger partial charge in [-0.15, -0.1) is 11.6 Å². The van der Waals surface area contributed by atoms with Crippen LogP contribution in [0.2, 0.25) is 5.02 Å². The molecule has 0 N–H and O–H groups in total. The molecule has 1 heterocycles. The summed E-state index contributed by atoms with van der Waals surface area (Å²) in [6.07, 6.45) is 5.28. The molecule has 1 saturated carbocycles. The lowest BCUT2D eigenvalue weighted by atomic mass is 9.99. The topological polar surface area (TPSA) is 17.8 Å². The summed E-state index contributed by atoms with van der Waals surface area (Å²) >= 11 is 11.8. The molecule has 0 spiro atoms. The molecule has 3 rings (SSSR count). The average Bonchev–Trinajstić information content (AvgIpc) is 2.96. The van der Waals surface area contributed by atoms with Crippen molar-refractivity contribution >= 4 is 34.2 Å². The van der Waals surface area contributed by atoms with Gasteiger partial charge in [0.1, 0.15) is 11.6 Å². The van der Waals surface area contributed by atoms with Crippen molar-refractivity contribution in [1.29, 1.82) is 0 Å². The van der Waals surface area contributed by atoms with Gasteiger partial charge in [-0.2, -0.15) is 0 Å². The van der Waals surface area contributed by atoms with Crippen molar-refractivity contribution in [3.63, 3.8) is 0 Å². The minimum Gasteiger partial charge on any atom is -0.322 e. The summed E-state index contributed by atoms with van der Waals surface area (Å²) in [5.74, 6) is 1.05. The molecule has 1 aliphatic carbocycles. The fourth-order valence-electron chi connectivity index (χ4n) is 3.34. The van der Waals surface area contributed by atoms with E-state index in [0.717, 1.165) is 29.7 Å². The van der Waals surface area contributed by atoms with E-state index in [1.165, 1.54) is 18.9 Å². The number of benzene rings is 1. The van der Waals surface area contributed by atoms with Gasteiger partial charge in [-0.1, -0.05) is 24.4 Å². The van der Waals surface area contributed by atoms with Gasteiger partial charge in [-0.3, -0.25) is 0 Å². The molecule has 0 saturated heterocycles. The lowest BCUT2D eigenvalue weighted by Crippen LogP contribution is -2.28. The summed E-state index contributed by atoms with van der Waals surface area (Å²) in [4.78, 5) is 4.62. The Bertz CT molecular complexity index is 645. The Labute approximate surface area is 127 Å². The Hall–Kier alpha value is -0.800. The normalized spacial score (nSPS) is 18.0. The number of aromatic nitrogens is 2. The van der Waals surface area contributed by atoms with Gasteiger partial charge in [0.2, 0.25) is 0 Å². The maximum absolute atomic E-state index is 13.8. The maximum atomic E-state index is 13.8. The summed E-state index contributed by atoms with van der Waals surface area (Å²) in [7, 11) is 0. The molecular weight excluding hydrogens is 298 g/mol. The van der Waals surface area contributed by atoms with E-state index in [-0.39, 0.29) is 16.4 Å². The number of aryl methyl sites for hydroxylation is 1. The van der Waals surface area contributed by atoms with Crippen molar-refractivity contribution in [3.8, 4) is 0 Å². The zero-order chi connectivity index (χ0) is 14.3. The number of rotatable bonds is 3. The maximum Gasteiger partial charge on any atom is 0.144 e. The molecule has 0 amide bonds. The minimum absolute atomic E-state index is 0.0103. The van der Waals surface area contributed by atoms with E-state index < -0.39 is 0 Å². The van der Waals surface area contributed by atoms with Gasteiger partial charge in [0, 0.05) is 23.9 Å². The highest BCUT2D eigenvalue weighted by Crippen LogP contribution is 2.40. The Morgan fingerprint density at radius 3 is 2.70 bits per heavy atom. The van der Waals surface area contributed by atoms with Crippen LogP contribution in [0.4, 0.5) is 4.39 Å². The smallest absolute Gasteiger partial charge is 0.144 e. The van der Waals surface area contributed by atoms with Crippen molar-refractivity contribution < 1.29 is 4.39 Å². The second-order valence-electron chi connectivity index (χ2n) is 5.76. The van der Waals surface area contributed by atoms with Gasteiger partial charge in [0.25, 0.3) is 0 Å². The highest BCUT2D eigenvalue weighted by molar-refractivity contribution is 6.31. The fourth-order valence-corrected chi connectivity index (χ4v) is 3.66. The predicted octanol–water partition coefficient (Wildman–Crippen LogP) is 4.90. The zero-order valence-corrected chi connectivity index (χ0v) is 12.9. The molecule has 1 aromatic carbocycles. The van der Waals surface area contributed by atoms with E-state index in [1.807, 2.05) is 0 Å². The Kier molecular flexibility index (Phi) is 3.67. The molecule has 2 aromatic rings.